The molecule has 424 valence electrons. The van der Waals surface area contributed by atoms with Crippen LogP contribution in [0.1, 0.15) is 313 Å². The second-order valence-corrected chi connectivity index (χ2v) is 19.6. The Morgan fingerprint density at radius 3 is 0.840 bits per heavy atom. The van der Waals surface area contributed by atoms with E-state index in [1.807, 2.05) is 0 Å². The fourth-order valence-electron chi connectivity index (χ4n) is 8.07. The zero-order valence-corrected chi connectivity index (χ0v) is 51.2. The van der Waals surface area contributed by atoms with Crippen molar-refractivity contribution < 1.29 is 38.9 Å². The second-order valence-electron chi connectivity index (χ2n) is 19.6. The molecule has 0 aliphatic carbocycles. The number of ether oxygens (including phenoxy) is 2. The number of carbonyl (C=O) groups is 4. The van der Waals surface area contributed by atoms with Crippen LogP contribution < -0.4 is 10.2 Å². The minimum atomic E-state index is -1.36. The van der Waals surface area contributed by atoms with Crippen LogP contribution in [0.4, 0.5) is 0 Å². The number of allylic oxidation sites excluding steroid dienone is 4. The Balaban J connectivity index is -0.00000106. The fourth-order valence-corrected chi connectivity index (χ4v) is 8.07. The molecule has 0 atom stereocenters. The first-order chi connectivity index (χ1) is 36.2. The summed E-state index contributed by atoms with van der Waals surface area (Å²) in [5.74, 6) is -3.92. The maximum atomic E-state index is 12.0. The molecular weight excluding hydrogens is 1040 g/mol. The molecule has 0 amide bonds. The molecule has 75 heavy (non-hydrogen) atoms. The Morgan fingerprint density at radius 2 is 0.587 bits per heavy atom. The third-order valence-corrected chi connectivity index (χ3v) is 12.7. The molecule has 9 heteroatoms. The molecule has 0 fully saturated rings. The predicted molar refractivity (Wildman–Crippen MR) is 315 cm³/mol. The maximum Gasteiger partial charge on any atom is 2.00 e. The minimum absolute atomic E-state index is 0. The number of aromatic carboxylic acids is 2. The van der Waals surface area contributed by atoms with Gasteiger partial charge in [-0.2, -0.15) is 0 Å². The Kier molecular flexibility index (Phi) is 62.1. The number of unbranched alkanes of at least 4 members (excludes halogenated alkanes) is 32. The number of carbonyl (C=O) groups excluding carboxylic acids is 4. The van der Waals surface area contributed by atoms with E-state index in [2.05, 4.69) is 65.8 Å². The van der Waals surface area contributed by atoms with E-state index in [0.29, 0.717) is 13.2 Å². The molecule has 0 aromatic heterocycles. The van der Waals surface area contributed by atoms with Gasteiger partial charge in [0.2, 0.25) is 0 Å². The van der Waals surface area contributed by atoms with Crippen LogP contribution in [0.25, 0.3) is 0 Å². The molecule has 2 aromatic carbocycles. The number of carboxylic acid groups (broad SMARTS) is 2. The summed E-state index contributed by atoms with van der Waals surface area (Å²) in [6, 6.07) is 12.0. The summed E-state index contributed by atoms with van der Waals surface area (Å²) in [6.07, 6.45) is 56.8. The van der Waals surface area contributed by atoms with Crippen LogP contribution >= 0.6 is 0 Å². The van der Waals surface area contributed by atoms with Crippen molar-refractivity contribution in [2.24, 2.45) is 0 Å². The fraction of sp³-hybridized carbons (Fsp3) is 0.667. The first-order valence-corrected chi connectivity index (χ1v) is 30.0. The standard InChI is InChI=1S/2C25H38O4.2C8H17.Sn/c2*1-2-3-4-5-6-7-8-9-10-11-12-13-14-15-18-21-29-25(28)23-20-17-16-19-22(23)24(26)27;2*1-3-5-7-8-6-4-2;/h2*9-10,16-17,19-20H,2-8,11-15,18,21H2,1H3,(H,26,27);2*1,3-8H2,2H3;/q;;;;+2/p-2/b2*10-9+;;;. The van der Waals surface area contributed by atoms with E-state index in [1.165, 1.54) is 204 Å². The van der Waals surface area contributed by atoms with Gasteiger partial charge in [0.25, 0.3) is 0 Å². The van der Waals surface area contributed by atoms with Crippen LogP contribution in [-0.2, 0) is 9.47 Å². The molecule has 0 saturated carbocycles. The van der Waals surface area contributed by atoms with Crippen LogP contribution in [0.5, 0.6) is 0 Å². The van der Waals surface area contributed by atoms with E-state index < -0.39 is 23.9 Å². The number of benzene rings is 2. The molecule has 0 heterocycles. The van der Waals surface area contributed by atoms with Gasteiger partial charge in [0.05, 0.1) is 36.3 Å². The molecule has 0 N–H and O–H groups in total. The van der Waals surface area contributed by atoms with E-state index in [0.717, 1.165) is 64.2 Å². The topological polar surface area (TPSA) is 133 Å². The SMILES string of the molecule is CCCCCCCC/C=C/CCCCCCCOC(=O)c1ccccc1C(=O)[O-].CCCCCCCC/C=C/CCCCCCCOC(=O)c1ccccc1C(=O)[O-].[CH2]CCCCCCC.[CH2]CCCCCCC.[Sn+2]. The van der Waals surface area contributed by atoms with Crippen molar-refractivity contribution in [2.75, 3.05) is 13.2 Å². The van der Waals surface area contributed by atoms with Gasteiger partial charge in [-0.3, -0.25) is 0 Å². The van der Waals surface area contributed by atoms with Gasteiger partial charge in [-0.1, -0.05) is 282 Å². The van der Waals surface area contributed by atoms with E-state index in [4.69, 9.17) is 9.47 Å². The van der Waals surface area contributed by atoms with E-state index in [9.17, 15) is 29.4 Å². The zero-order valence-electron chi connectivity index (χ0n) is 48.4. The minimum Gasteiger partial charge on any atom is -0.545 e. The molecule has 4 radical (unpaired) electrons. The Bertz CT molecular complexity index is 1510. The maximum absolute atomic E-state index is 12.0. The number of carboxylic acids is 2. The Labute approximate surface area is 477 Å². The summed E-state index contributed by atoms with van der Waals surface area (Å²) in [4.78, 5) is 46.0. The molecular formula is C66H108O8Sn. The van der Waals surface area contributed by atoms with Gasteiger partial charge in [-0.15, -0.1) is 0 Å². The molecule has 0 unspecified atom stereocenters. The average Bonchev–Trinajstić information content (AvgIpc) is 3.41. The quantitative estimate of drug-likeness (QED) is 0.0277. The average molecular weight is 1150 g/mol. The second kappa shape index (κ2) is 61.5. The first-order valence-electron chi connectivity index (χ1n) is 30.0. The monoisotopic (exact) mass is 1150 g/mol. The van der Waals surface area contributed by atoms with E-state index in [-0.39, 0.29) is 46.2 Å². The Morgan fingerprint density at radius 1 is 0.360 bits per heavy atom. The smallest absolute Gasteiger partial charge is 0.545 e. The molecule has 0 saturated heterocycles. The molecule has 0 bridgehead atoms. The number of esters is 2. The van der Waals surface area contributed by atoms with Crippen molar-refractivity contribution in [1.82, 2.24) is 0 Å². The zero-order chi connectivity index (χ0) is 54.8. The summed E-state index contributed by atoms with van der Waals surface area (Å²) in [7, 11) is 0. The van der Waals surface area contributed by atoms with Crippen molar-refractivity contribution in [3.63, 3.8) is 0 Å². The van der Waals surface area contributed by atoms with Gasteiger partial charge in [0.1, 0.15) is 0 Å². The van der Waals surface area contributed by atoms with Gasteiger partial charge >= 0.3 is 35.8 Å². The summed E-state index contributed by atoms with van der Waals surface area (Å²) in [5.41, 5.74) is -0.135. The van der Waals surface area contributed by atoms with Gasteiger partial charge < -0.3 is 29.3 Å². The van der Waals surface area contributed by atoms with Crippen LogP contribution in [-0.4, -0.2) is 61.0 Å². The third kappa shape index (κ3) is 51.1. The van der Waals surface area contributed by atoms with Gasteiger partial charge in [0, 0.05) is 11.1 Å². The third-order valence-electron chi connectivity index (χ3n) is 12.7. The predicted octanol–water partition coefficient (Wildman–Crippen LogP) is 17.7. The number of rotatable bonds is 44. The van der Waals surface area contributed by atoms with Crippen LogP contribution in [0.3, 0.4) is 0 Å². The normalized spacial score (nSPS) is 10.6. The summed E-state index contributed by atoms with van der Waals surface area (Å²) >= 11 is 0. The first kappa shape index (κ1) is 75.8. The molecule has 8 nitrogen and oxygen atoms in total. The van der Waals surface area contributed by atoms with E-state index >= 15 is 0 Å². The van der Waals surface area contributed by atoms with Crippen LogP contribution in [0.15, 0.2) is 72.8 Å². The largest absolute Gasteiger partial charge is 2.00 e. The van der Waals surface area contributed by atoms with Crippen molar-refractivity contribution >= 4 is 47.8 Å². The van der Waals surface area contributed by atoms with Crippen LogP contribution in [0.2, 0.25) is 0 Å². The van der Waals surface area contributed by atoms with Gasteiger partial charge in [-0.05, 0) is 76.3 Å². The summed E-state index contributed by atoms with van der Waals surface area (Å²) in [6.45, 7) is 17.2. The summed E-state index contributed by atoms with van der Waals surface area (Å²) in [5, 5.41) is 22.1. The molecule has 0 aliphatic rings. The molecule has 0 spiro atoms. The van der Waals surface area contributed by atoms with E-state index in [1.54, 1.807) is 24.3 Å². The van der Waals surface area contributed by atoms with Crippen molar-refractivity contribution in [2.45, 2.75) is 272 Å². The molecule has 2 rings (SSSR count). The number of hydrogen-bond acceptors (Lipinski definition) is 8. The summed E-state index contributed by atoms with van der Waals surface area (Å²) < 4.78 is 10.4. The van der Waals surface area contributed by atoms with Crippen molar-refractivity contribution in [1.29, 1.82) is 0 Å². The van der Waals surface area contributed by atoms with Crippen molar-refractivity contribution in [3.05, 3.63) is 109 Å². The molecule has 2 aromatic rings. The number of hydrogen-bond donors (Lipinski definition) is 0. The van der Waals surface area contributed by atoms with Crippen molar-refractivity contribution in [3.8, 4) is 0 Å². The van der Waals surface area contributed by atoms with Gasteiger partial charge in [-0.25, -0.2) is 9.59 Å². The van der Waals surface area contributed by atoms with Crippen LogP contribution in [0, 0.1) is 13.8 Å². The Hall–Kier alpha value is -3.40. The molecule has 0 aliphatic heterocycles. The van der Waals surface area contributed by atoms with Gasteiger partial charge in [0.15, 0.2) is 0 Å².